The van der Waals surface area contributed by atoms with E-state index in [2.05, 4.69) is 48.1 Å². The minimum atomic E-state index is -0.553. The van der Waals surface area contributed by atoms with E-state index in [0.717, 1.165) is 44.9 Å². The lowest BCUT2D eigenvalue weighted by atomic mass is 9.32. The van der Waals surface area contributed by atoms with E-state index in [-0.39, 0.29) is 39.7 Å². The quantitative estimate of drug-likeness (QED) is 0.320. The van der Waals surface area contributed by atoms with Gasteiger partial charge in [0.05, 0.1) is 5.41 Å². The monoisotopic (exact) mass is 498 g/mol. The van der Waals surface area contributed by atoms with Gasteiger partial charge < -0.3 is 9.84 Å². The van der Waals surface area contributed by atoms with Crippen molar-refractivity contribution in [3.8, 4) is 0 Å². The first-order valence-corrected chi connectivity index (χ1v) is 14.7. The van der Waals surface area contributed by atoms with E-state index in [4.69, 9.17) is 4.74 Å². The van der Waals surface area contributed by atoms with Crippen molar-refractivity contribution in [3.05, 3.63) is 12.2 Å². The van der Waals surface area contributed by atoms with Crippen molar-refractivity contribution in [1.82, 2.24) is 0 Å². The molecule has 0 aromatic rings. The van der Waals surface area contributed by atoms with Gasteiger partial charge in [0.15, 0.2) is 0 Å². The molecule has 0 spiro atoms. The van der Waals surface area contributed by atoms with Gasteiger partial charge >= 0.3 is 11.9 Å². The van der Waals surface area contributed by atoms with Gasteiger partial charge in [-0.05, 0) is 117 Å². The van der Waals surface area contributed by atoms with Gasteiger partial charge in [-0.3, -0.25) is 9.59 Å². The Morgan fingerprint density at radius 1 is 0.806 bits per heavy atom. The summed E-state index contributed by atoms with van der Waals surface area (Å²) in [5.41, 5.74) is 1.20. The summed E-state index contributed by atoms with van der Waals surface area (Å²) < 4.78 is 5.88. The molecule has 36 heavy (non-hydrogen) atoms. The third kappa shape index (κ3) is 3.17. The summed E-state index contributed by atoms with van der Waals surface area (Å²) in [6.45, 7) is 20.4. The van der Waals surface area contributed by atoms with Crippen molar-refractivity contribution in [3.63, 3.8) is 0 Å². The van der Waals surface area contributed by atoms with E-state index in [1.165, 1.54) is 24.8 Å². The molecule has 0 saturated heterocycles. The highest BCUT2D eigenvalue weighted by atomic mass is 16.5. The van der Waals surface area contributed by atoms with Gasteiger partial charge in [0.1, 0.15) is 6.10 Å². The van der Waals surface area contributed by atoms with Crippen molar-refractivity contribution in [2.24, 2.45) is 56.7 Å². The molecule has 10 atom stereocenters. The molecule has 0 amide bonds. The lowest BCUT2D eigenvalue weighted by molar-refractivity contribution is -0.250. The second-order valence-electron chi connectivity index (χ2n) is 15.1. The van der Waals surface area contributed by atoms with Crippen molar-refractivity contribution >= 4 is 11.9 Å². The first-order chi connectivity index (χ1) is 16.6. The van der Waals surface area contributed by atoms with Crippen LogP contribution in [0.2, 0.25) is 0 Å². The van der Waals surface area contributed by atoms with Crippen LogP contribution in [-0.4, -0.2) is 23.1 Å². The number of allylic oxidation sites excluding steroid dienone is 1. The summed E-state index contributed by atoms with van der Waals surface area (Å²) in [4.78, 5) is 24.7. The minimum Gasteiger partial charge on any atom is -0.481 e. The average Bonchev–Trinajstić information content (AvgIpc) is 3.17. The van der Waals surface area contributed by atoms with Crippen LogP contribution < -0.4 is 0 Å². The maximum Gasteiger partial charge on any atom is 0.309 e. The lowest BCUT2D eigenvalue weighted by Crippen LogP contribution is -2.67. The third-order valence-electron chi connectivity index (χ3n) is 13.7. The number of hydrogen-bond acceptors (Lipinski definition) is 3. The number of carbonyl (C=O) groups excluding carboxylic acids is 1. The first-order valence-electron chi connectivity index (χ1n) is 14.7. The summed E-state index contributed by atoms with van der Waals surface area (Å²) in [6, 6.07) is 0. The Bertz CT molecular complexity index is 967. The largest absolute Gasteiger partial charge is 0.481 e. The zero-order valence-corrected chi connectivity index (χ0v) is 23.9. The molecular formula is C32H50O4. The molecule has 4 nitrogen and oxygen atoms in total. The number of ether oxygens (including phenoxy) is 1. The molecule has 0 aliphatic heterocycles. The Morgan fingerprint density at radius 3 is 2.11 bits per heavy atom. The number of carbonyl (C=O) groups is 2. The first kappa shape index (κ1) is 26.3. The standard InChI is InChI=1S/C32H50O4/c1-19(2)21-11-16-32(27(34)35)18-17-30(7)22(26(21)32)9-10-24-29(6)14-13-25(36-20(3)33)28(4,5)23(29)12-15-31(24,30)8/h21-26H,1,9-18H2,2-8H3,(H,34,35)/t21-,22+,23-,24+,25+,26-,29-,30+,31+,32-/m0/s1. The van der Waals surface area contributed by atoms with E-state index in [1.807, 2.05) is 0 Å². The highest BCUT2D eigenvalue weighted by Gasteiger charge is 2.72. The van der Waals surface area contributed by atoms with Crippen LogP contribution in [0.25, 0.3) is 0 Å². The maximum atomic E-state index is 12.8. The normalized spacial score (nSPS) is 51.2. The van der Waals surface area contributed by atoms with Crippen LogP contribution in [0, 0.1) is 56.7 Å². The number of esters is 1. The molecule has 5 saturated carbocycles. The molecule has 0 unspecified atom stereocenters. The molecule has 202 valence electrons. The number of aliphatic carboxylic acids is 1. The van der Waals surface area contributed by atoms with Gasteiger partial charge in [0.25, 0.3) is 0 Å². The molecule has 5 aliphatic carbocycles. The fourth-order valence-corrected chi connectivity index (χ4v) is 11.9. The van der Waals surface area contributed by atoms with Gasteiger partial charge in [-0.15, -0.1) is 0 Å². The molecule has 5 fully saturated rings. The Hall–Kier alpha value is -1.32. The van der Waals surface area contributed by atoms with Gasteiger partial charge in [0.2, 0.25) is 0 Å². The Kier molecular flexibility index (Phi) is 5.91. The second-order valence-corrected chi connectivity index (χ2v) is 15.1. The van der Waals surface area contributed by atoms with Crippen LogP contribution in [0.3, 0.4) is 0 Å². The van der Waals surface area contributed by atoms with Gasteiger partial charge in [-0.1, -0.05) is 46.8 Å². The number of fused-ring (bicyclic) bond motifs is 7. The Balaban J connectivity index is 1.52. The zero-order chi connectivity index (χ0) is 26.5. The van der Waals surface area contributed by atoms with Crippen LogP contribution in [0.15, 0.2) is 12.2 Å². The van der Waals surface area contributed by atoms with E-state index in [9.17, 15) is 14.7 Å². The van der Waals surface area contributed by atoms with E-state index >= 15 is 0 Å². The molecule has 0 aromatic carbocycles. The molecule has 1 N–H and O–H groups in total. The van der Waals surface area contributed by atoms with Gasteiger partial charge in [-0.2, -0.15) is 0 Å². The van der Waals surface area contributed by atoms with Crippen molar-refractivity contribution in [2.45, 2.75) is 119 Å². The van der Waals surface area contributed by atoms with Crippen LogP contribution in [0.5, 0.6) is 0 Å². The molecule has 4 heteroatoms. The highest BCUT2D eigenvalue weighted by molar-refractivity contribution is 5.76. The average molecular weight is 499 g/mol. The summed E-state index contributed by atoms with van der Waals surface area (Å²) in [6.07, 6.45) is 10.5. The highest BCUT2D eigenvalue weighted by Crippen LogP contribution is 2.77. The molecule has 0 bridgehead atoms. The number of carboxylic acid groups (broad SMARTS) is 1. The zero-order valence-electron chi connectivity index (χ0n) is 23.9. The van der Waals surface area contributed by atoms with E-state index in [1.54, 1.807) is 6.92 Å². The maximum absolute atomic E-state index is 12.8. The smallest absolute Gasteiger partial charge is 0.309 e. The SMILES string of the molecule is C=C(C)[C@@H]1CC[C@]2(C(=O)O)CC[C@]3(C)[C@H](CC[C@@H]4[C@@]5(C)CC[C@@H](OC(C)=O)C(C)(C)[C@@H]5CC[C@]43C)[C@H]12. The van der Waals surface area contributed by atoms with Crippen LogP contribution in [-0.2, 0) is 14.3 Å². The van der Waals surface area contributed by atoms with Crippen LogP contribution in [0.4, 0.5) is 0 Å². The fourth-order valence-electron chi connectivity index (χ4n) is 11.9. The van der Waals surface area contributed by atoms with Crippen molar-refractivity contribution in [1.29, 1.82) is 0 Å². The predicted molar refractivity (Wildman–Crippen MR) is 142 cm³/mol. The molecule has 5 rings (SSSR count). The summed E-state index contributed by atoms with van der Waals surface area (Å²) in [7, 11) is 0. The fraction of sp³-hybridized carbons (Fsp3) is 0.875. The molecule has 0 aromatic heterocycles. The van der Waals surface area contributed by atoms with Gasteiger partial charge in [0, 0.05) is 12.3 Å². The lowest BCUT2D eigenvalue weighted by Gasteiger charge is -2.72. The summed E-state index contributed by atoms with van der Waals surface area (Å²) >= 11 is 0. The number of rotatable bonds is 3. The molecule has 0 radical (unpaired) electrons. The van der Waals surface area contributed by atoms with Crippen LogP contribution >= 0.6 is 0 Å². The molecular weight excluding hydrogens is 448 g/mol. The summed E-state index contributed by atoms with van der Waals surface area (Å²) in [5, 5.41) is 10.5. The minimum absolute atomic E-state index is 0.00466. The molecule has 0 heterocycles. The van der Waals surface area contributed by atoms with Crippen molar-refractivity contribution in [2.75, 3.05) is 0 Å². The van der Waals surface area contributed by atoms with E-state index in [0.29, 0.717) is 23.7 Å². The van der Waals surface area contributed by atoms with Crippen LogP contribution in [0.1, 0.15) is 113 Å². The third-order valence-corrected chi connectivity index (χ3v) is 13.7. The Morgan fingerprint density at radius 2 is 1.50 bits per heavy atom. The molecule has 5 aliphatic rings. The van der Waals surface area contributed by atoms with Gasteiger partial charge in [-0.25, -0.2) is 0 Å². The van der Waals surface area contributed by atoms with E-state index < -0.39 is 11.4 Å². The second kappa shape index (κ2) is 8.09. The number of hydrogen-bond donors (Lipinski definition) is 1. The van der Waals surface area contributed by atoms with Crippen molar-refractivity contribution < 1.29 is 19.4 Å². The Labute approximate surface area is 219 Å². The predicted octanol–water partition coefficient (Wildman–Crippen LogP) is 7.66. The summed E-state index contributed by atoms with van der Waals surface area (Å²) in [5.74, 6) is 1.49. The number of carboxylic acids is 1. The topological polar surface area (TPSA) is 63.6 Å².